The van der Waals surface area contributed by atoms with Crippen molar-refractivity contribution in [1.82, 2.24) is 10.1 Å². The molecule has 1 aromatic heterocycles. The molecule has 3 rings (SSSR count). The first-order valence-electron chi connectivity index (χ1n) is 5.62. The Balaban J connectivity index is 2.08. The molecule has 8 heteroatoms. The van der Waals surface area contributed by atoms with Gasteiger partial charge in [0, 0.05) is 0 Å². The molecular formula is C12H7Cl2N3O3. The topological polar surface area (TPSA) is 76.3 Å². The average molecular weight is 312 g/mol. The van der Waals surface area contributed by atoms with Crippen molar-refractivity contribution in [3.8, 4) is 0 Å². The molecule has 1 amide bonds. The van der Waals surface area contributed by atoms with Crippen LogP contribution in [-0.2, 0) is 11.3 Å². The second-order valence-electron chi connectivity index (χ2n) is 4.21. The van der Waals surface area contributed by atoms with E-state index in [1.165, 1.54) is 17.0 Å². The highest BCUT2D eigenvalue weighted by molar-refractivity contribution is 6.56. The zero-order valence-electron chi connectivity index (χ0n) is 10.2. The first-order chi connectivity index (χ1) is 9.49. The maximum Gasteiger partial charge on any atom is 0.300 e. The van der Waals surface area contributed by atoms with Gasteiger partial charge in [-0.3, -0.25) is 14.5 Å². The first-order valence-corrected chi connectivity index (χ1v) is 6.38. The largest absolute Gasteiger partial charge is 0.337 e. The minimum atomic E-state index is -0.717. The molecule has 0 fully saturated rings. The Labute approximate surface area is 123 Å². The average Bonchev–Trinajstić information content (AvgIpc) is 2.92. The number of anilines is 1. The molecule has 0 radical (unpaired) electrons. The highest BCUT2D eigenvalue weighted by Crippen LogP contribution is 2.40. The number of hydrogen-bond donors (Lipinski definition) is 0. The van der Waals surface area contributed by atoms with Crippen LogP contribution in [0.25, 0.3) is 0 Å². The molecule has 0 N–H and O–H groups in total. The third-order valence-electron chi connectivity index (χ3n) is 2.88. The number of carbonyl (C=O) groups is 2. The number of fused-ring (bicyclic) bond motifs is 1. The van der Waals surface area contributed by atoms with Crippen molar-refractivity contribution in [2.24, 2.45) is 0 Å². The minimum Gasteiger partial charge on any atom is -0.337 e. The number of amides is 1. The number of Topliss-reactive ketones (excluding diaryl/α,β-unsaturated/α-hetero) is 1. The summed E-state index contributed by atoms with van der Waals surface area (Å²) >= 11 is 12.0. The maximum absolute atomic E-state index is 12.0. The van der Waals surface area contributed by atoms with Crippen molar-refractivity contribution >= 4 is 40.6 Å². The second-order valence-corrected chi connectivity index (χ2v) is 5.02. The molecule has 1 aromatic carbocycles. The van der Waals surface area contributed by atoms with E-state index < -0.39 is 11.7 Å². The van der Waals surface area contributed by atoms with Gasteiger partial charge < -0.3 is 4.52 Å². The predicted molar refractivity (Wildman–Crippen MR) is 71.0 cm³/mol. The zero-order chi connectivity index (χ0) is 14.4. The monoisotopic (exact) mass is 311 g/mol. The van der Waals surface area contributed by atoms with E-state index in [1.807, 2.05) is 0 Å². The third kappa shape index (κ3) is 1.88. The molecule has 0 bridgehead atoms. The summed E-state index contributed by atoms with van der Waals surface area (Å²) in [5, 5.41) is 4.08. The fourth-order valence-corrected chi connectivity index (χ4v) is 2.54. The number of aromatic nitrogens is 2. The summed E-state index contributed by atoms with van der Waals surface area (Å²) in [4.78, 5) is 29.2. The van der Waals surface area contributed by atoms with Crippen LogP contribution >= 0.6 is 23.2 Å². The molecule has 6 nitrogen and oxygen atoms in total. The number of carbonyl (C=O) groups excluding carboxylic acids is 2. The van der Waals surface area contributed by atoms with Gasteiger partial charge in [0.05, 0.1) is 21.3 Å². The lowest BCUT2D eigenvalue weighted by Crippen LogP contribution is -2.29. The Morgan fingerprint density at radius 2 is 1.95 bits per heavy atom. The van der Waals surface area contributed by atoms with E-state index in [0.717, 1.165) is 0 Å². The second kappa shape index (κ2) is 4.57. The summed E-state index contributed by atoms with van der Waals surface area (Å²) in [5.41, 5.74) is 0.394. The van der Waals surface area contributed by atoms with Crippen LogP contribution < -0.4 is 4.90 Å². The molecule has 1 aliphatic rings. The Kier molecular flexibility index (Phi) is 2.99. The van der Waals surface area contributed by atoms with Gasteiger partial charge in [0.25, 0.3) is 11.7 Å². The predicted octanol–water partition coefficient (Wildman–Crippen LogP) is 2.41. The molecule has 1 aliphatic heterocycles. The maximum atomic E-state index is 12.0. The van der Waals surface area contributed by atoms with E-state index in [-0.39, 0.29) is 33.7 Å². The quantitative estimate of drug-likeness (QED) is 0.796. The Morgan fingerprint density at radius 1 is 1.25 bits per heavy atom. The van der Waals surface area contributed by atoms with Gasteiger partial charge in [0.15, 0.2) is 5.82 Å². The SMILES string of the molecule is Cc1noc(CN2C(=O)C(=O)c3c(Cl)ccc(Cl)c32)n1. The lowest BCUT2D eigenvalue weighted by molar-refractivity contribution is -0.114. The van der Waals surface area contributed by atoms with Gasteiger partial charge in [0.1, 0.15) is 6.54 Å². The molecule has 2 aromatic rings. The Morgan fingerprint density at radius 3 is 2.60 bits per heavy atom. The van der Waals surface area contributed by atoms with Crippen LogP contribution in [0, 0.1) is 6.92 Å². The van der Waals surface area contributed by atoms with Crippen LogP contribution in [0.15, 0.2) is 16.7 Å². The van der Waals surface area contributed by atoms with Crippen LogP contribution in [-0.4, -0.2) is 21.8 Å². The fraction of sp³-hybridized carbons (Fsp3) is 0.167. The summed E-state index contributed by atoms with van der Waals surface area (Å²) < 4.78 is 4.95. The Bertz CT molecular complexity index is 742. The molecule has 0 unspecified atom stereocenters. The van der Waals surface area contributed by atoms with E-state index in [0.29, 0.717) is 5.82 Å². The molecule has 20 heavy (non-hydrogen) atoms. The van der Waals surface area contributed by atoms with Gasteiger partial charge >= 0.3 is 0 Å². The lowest BCUT2D eigenvalue weighted by atomic mass is 10.1. The van der Waals surface area contributed by atoms with Gasteiger partial charge in [-0.05, 0) is 19.1 Å². The van der Waals surface area contributed by atoms with Crippen molar-refractivity contribution in [2.45, 2.75) is 13.5 Å². The van der Waals surface area contributed by atoms with Gasteiger partial charge in [0.2, 0.25) is 5.89 Å². The van der Waals surface area contributed by atoms with E-state index >= 15 is 0 Å². The van der Waals surface area contributed by atoms with E-state index in [9.17, 15) is 9.59 Å². The molecule has 0 atom stereocenters. The summed E-state index contributed by atoms with van der Waals surface area (Å²) in [7, 11) is 0. The minimum absolute atomic E-state index is 0.0293. The highest BCUT2D eigenvalue weighted by Gasteiger charge is 2.40. The summed E-state index contributed by atoms with van der Waals surface area (Å²) in [6, 6.07) is 3.01. The van der Waals surface area contributed by atoms with Gasteiger partial charge in [-0.1, -0.05) is 28.4 Å². The Hall–Kier alpha value is -1.92. The molecule has 0 saturated carbocycles. The number of benzene rings is 1. The van der Waals surface area contributed by atoms with Crippen molar-refractivity contribution in [3.05, 3.63) is 39.5 Å². The number of aryl methyl sites for hydroxylation is 1. The normalized spacial score (nSPS) is 14.1. The van der Waals surface area contributed by atoms with Crippen LogP contribution in [0.2, 0.25) is 10.0 Å². The van der Waals surface area contributed by atoms with Gasteiger partial charge in [-0.2, -0.15) is 4.98 Å². The number of nitrogens with zero attached hydrogens (tertiary/aromatic N) is 3. The van der Waals surface area contributed by atoms with Crippen molar-refractivity contribution in [2.75, 3.05) is 4.90 Å². The molecule has 0 saturated heterocycles. The van der Waals surface area contributed by atoms with Crippen LogP contribution in [0.1, 0.15) is 22.1 Å². The van der Waals surface area contributed by atoms with Crippen molar-refractivity contribution in [3.63, 3.8) is 0 Å². The number of hydrogen-bond acceptors (Lipinski definition) is 5. The number of halogens is 2. The van der Waals surface area contributed by atoms with Crippen LogP contribution in [0.3, 0.4) is 0 Å². The molecular weight excluding hydrogens is 305 g/mol. The van der Waals surface area contributed by atoms with Crippen LogP contribution in [0.4, 0.5) is 5.69 Å². The lowest BCUT2D eigenvalue weighted by Gasteiger charge is -2.15. The van der Waals surface area contributed by atoms with Crippen LogP contribution in [0.5, 0.6) is 0 Å². The molecule has 102 valence electrons. The van der Waals surface area contributed by atoms with Gasteiger partial charge in [-0.15, -0.1) is 0 Å². The van der Waals surface area contributed by atoms with E-state index in [4.69, 9.17) is 27.7 Å². The summed E-state index contributed by atoms with van der Waals surface area (Å²) in [5.74, 6) is -0.752. The summed E-state index contributed by atoms with van der Waals surface area (Å²) in [6.45, 7) is 1.63. The van der Waals surface area contributed by atoms with E-state index in [1.54, 1.807) is 6.92 Å². The molecule has 2 heterocycles. The molecule has 0 aliphatic carbocycles. The zero-order valence-corrected chi connectivity index (χ0v) is 11.7. The van der Waals surface area contributed by atoms with Crippen molar-refractivity contribution < 1.29 is 14.1 Å². The fourth-order valence-electron chi connectivity index (χ4n) is 2.04. The standard InChI is InChI=1S/C12H7Cl2N3O3/c1-5-15-8(20-16-5)4-17-10-7(14)3-2-6(13)9(10)11(18)12(17)19/h2-3H,4H2,1H3. The third-order valence-corrected chi connectivity index (χ3v) is 3.50. The molecule has 0 spiro atoms. The summed E-state index contributed by atoms with van der Waals surface area (Å²) in [6.07, 6.45) is 0. The first kappa shape index (κ1) is 13.1. The van der Waals surface area contributed by atoms with Crippen molar-refractivity contribution in [1.29, 1.82) is 0 Å². The number of rotatable bonds is 2. The highest BCUT2D eigenvalue weighted by atomic mass is 35.5. The van der Waals surface area contributed by atoms with Gasteiger partial charge in [-0.25, -0.2) is 0 Å². The smallest absolute Gasteiger partial charge is 0.300 e. The number of ketones is 1. The van der Waals surface area contributed by atoms with E-state index in [2.05, 4.69) is 10.1 Å².